The molecule has 140 valence electrons. The molecule has 0 unspecified atom stereocenters. The molecule has 1 amide bonds. The van der Waals surface area contributed by atoms with Crippen LogP contribution in [0.1, 0.15) is 12.0 Å². The Kier molecular flexibility index (Phi) is 7.08. The van der Waals surface area contributed by atoms with Gasteiger partial charge in [0.15, 0.2) is 11.5 Å². The van der Waals surface area contributed by atoms with Gasteiger partial charge in [0.2, 0.25) is 5.91 Å². The van der Waals surface area contributed by atoms with Crippen LogP contribution < -0.4 is 14.8 Å². The summed E-state index contributed by atoms with van der Waals surface area (Å²) < 4.78 is 10.6. The number of rotatable bonds is 8. The molecule has 1 heterocycles. The van der Waals surface area contributed by atoms with Crippen LogP contribution in [0.15, 0.2) is 18.2 Å². The van der Waals surface area contributed by atoms with E-state index in [9.17, 15) is 4.79 Å². The summed E-state index contributed by atoms with van der Waals surface area (Å²) in [6.07, 6.45) is 1.16. The Balaban J connectivity index is 1.88. The standard InChI is InChI=1S/C19H31N3O3/c1-21(2)11-15-12-22(3)13-16(15)20-19(23)9-7-14-6-8-17(24-4)18(10-14)25-5/h6,8,10,15-16H,7,9,11-13H2,1-5H3,(H,20,23)/t15-,16-/m1/s1. The van der Waals surface area contributed by atoms with E-state index < -0.39 is 0 Å². The number of benzene rings is 1. The van der Waals surface area contributed by atoms with E-state index in [2.05, 4.69) is 36.3 Å². The van der Waals surface area contributed by atoms with E-state index in [-0.39, 0.29) is 11.9 Å². The number of carbonyl (C=O) groups is 1. The summed E-state index contributed by atoms with van der Waals surface area (Å²) in [4.78, 5) is 16.9. The summed E-state index contributed by atoms with van der Waals surface area (Å²) in [6, 6.07) is 6.02. The molecular formula is C19H31N3O3. The number of nitrogens with zero attached hydrogens (tertiary/aromatic N) is 2. The normalized spacial score (nSPS) is 20.7. The molecule has 0 aromatic heterocycles. The Morgan fingerprint density at radius 3 is 2.60 bits per heavy atom. The molecule has 1 saturated heterocycles. The van der Waals surface area contributed by atoms with E-state index in [4.69, 9.17) is 9.47 Å². The number of ether oxygens (including phenoxy) is 2. The quantitative estimate of drug-likeness (QED) is 0.765. The van der Waals surface area contributed by atoms with Crippen LogP contribution in [0.4, 0.5) is 0 Å². The van der Waals surface area contributed by atoms with Crippen molar-refractivity contribution in [3.8, 4) is 11.5 Å². The predicted octanol–water partition coefficient (Wildman–Crippen LogP) is 1.24. The largest absolute Gasteiger partial charge is 0.493 e. The molecule has 0 radical (unpaired) electrons. The number of carbonyl (C=O) groups excluding carboxylic acids is 1. The second-order valence-corrected chi connectivity index (χ2v) is 7.11. The number of methoxy groups -OCH3 is 2. The smallest absolute Gasteiger partial charge is 0.220 e. The number of aryl methyl sites for hydroxylation is 1. The van der Waals surface area contributed by atoms with Crippen LogP contribution >= 0.6 is 0 Å². The van der Waals surface area contributed by atoms with Gasteiger partial charge in [0, 0.05) is 38.0 Å². The van der Waals surface area contributed by atoms with Crippen molar-refractivity contribution in [2.24, 2.45) is 5.92 Å². The minimum absolute atomic E-state index is 0.110. The molecular weight excluding hydrogens is 318 g/mol. The van der Waals surface area contributed by atoms with E-state index in [1.807, 2.05) is 18.2 Å². The molecule has 0 bridgehead atoms. The summed E-state index contributed by atoms with van der Waals surface area (Å²) in [5.41, 5.74) is 1.07. The van der Waals surface area contributed by atoms with E-state index in [1.165, 1.54) is 0 Å². The third kappa shape index (κ3) is 5.61. The van der Waals surface area contributed by atoms with Crippen molar-refractivity contribution in [3.05, 3.63) is 23.8 Å². The first kappa shape index (κ1) is 19.5. The average molecular weight is 349 g/mol. The van der Waals surface area contributed by atoms with Gasteiger partial charge in [-0.2, -0.15) is 0 Å². The molecule has 0 aliphatic carbocycles. The van der Waals surface area contributed by atoms with Gasteiger partial charge >= 0.3 is 0 Å². The highest BCUT2D eigenvalue weighted by Crippen LogP contribution is 2.28. The molecule has 1 aliphatic rings. The van der Waals surface area contributed by atoms with Gasteiger partial charge in [-0.3, -0.25) is 4.79 Å². The van der Waals surface area contributed by atoms with Crippen molar-refractivity contribution in [2.75, 3.05) is 55.0 Å². The zero-order valence-corrected chi connectivity index (χ0v) is 16.0. The second-order valence-electron chi connectivity index (χ2n) is 7.11. The fraction of sp³-hybridized carbons (Fsp3) is 0.632. The lowest BCUT2D eigenvalue weighted by Crippen LogP contribution is -2.43. The van der Waals surface area contributed by atoms with Crippen LogP contribution in [-0.4, -0.2) is 76.7 Å². The fourth-order valence-electron chi connectivity index (χ4n) is 3.48. The number of likely N-dealkylation sites (tertiary alicyclic amines) is 1. The van der Waals surface area contributed by atoms with Crippen LogP contribution in [0.2, 0.25) is 0 Å². The van der Waals surface area contributed by atoms with Gasteiger partial charge in [-0.05, 0) is 45.3 Å². The Bertz CT molecular complexity index is 577. The van der Waals surface area contributed by atoms with Crippen LogP contribution in [0.5, 0.6) is 11.5 Å². The molecule has 6 heteroatoms. The molecule has 1 aromatic rings. The van der Waals surface area contributed by atoms with Gasteiger partial charge in [-0.1, -0.05) is 6.07 Å². The van der Waals surface area contributed by atoms with Crippen molar-refractivity contribution in [3.63, 3.8) is 0 Å². The van der Waals surface area contributed by atoms with Crippen LogP contribution in [0.3, 0.4) is 0 Å². The molecule has 2 atom stereocenters. The summed E-state index contributed by atoms with van der Waals surface area (Å²) in [5.74, 6) is 1.99. The lowest BCUT2D eigenvalue weighted by atomic mass is 10.0. The lowest BCUT2D eigenvalue weighted by Gasteiger charge is -2.23. The predicted molar refractivity (Wildman–Crippen MR) is 99.3 cm³/mol. The maximum atomic E-state index is 12.4. The zero-order valence-electron chi connectivity index (χ0n) is 16.0. The van der Waals surface area contributed by atoms with E-state index >= 15 is 0 Å². The van der Waals surface area contributed by atoms with E-state index in [0.29, 0.717) is 30.3 Å². The molecule has 1 aliphatic heterocycles. The summed E-state index contributed by atoms with van der Waals surface area (Å²) in [7, 11) is 9.50. The average Bonchev–Trinajstić information content (AvgIpc) is 2.90. The molecule has 0 saturated carbocycles. The second kappa shape index (κ2) is 9.06. The summed E-state index contributed by atoms with van der Waals surface area (Å²) in [5, 5.41) is 3.22. The highest BCUT2D eigenvalue weighted by molar-refractivity contribution is 5.76. The Labute approximate surface area is 151 Å². The first-order chi connectivity index (χ1) is 11.9. The van der Waals surface area contributed by atoms with Crippen molar-refractivity contribution < 1.29 is 14.3 Å². The van der Waals surface area contributed by atoms with Crippen molar-refractivity contribution in [2.45, 2.75) is 18.9 Å². The molecule has 25 heavy (non-hydrogen) atoms. The summed E-state index contributed by atoms with van der Waals surface area (Å²) in [6.45, 7) is 2.93. The molecule has 1 aromatic carbocycles. The highest BCUT2D eigenvalue weighted by Gasteiger charge is 2.31. The number of amides is 1. The van der Waals surface area contributed by atoms with E-state index in [0.717, 1.165) is 25.2 Å². The Hall–Kier alpha value is -1.79. The number of hydrogen-bond acceptors (Lipinski definition) is 5. The molecule has 6 nitrogen and oxygen atoms in total. The van der Waals surface area contributed by atoms with Gasteiger partial charge in [0.05, 0.1) is 14.2 Å². The summed E-state index contributed by atoms with van der Waals surface area (Å²) >= 11 is 0. The Morgan fingerprint density at radius 2 is 1.96 bits per heavy atom. The minimum Gasteiger partial charge on any atom is -0.493 e. The van der Waals surface area contributed by atoms with Crippen LogP contribution in [0.25, 0.3) is 0 Å². The zero-order chi connectivity index (χ0) is 18.4. The van der Waals surface area contributed by atoms with E-state index in [1.54, 1.807) is 14.2 Å². The first-order valence-electron chi connectivity index (χ1n) is 8.76. The minimum atomic E-state index is 0.110. The maximum Gasteiger partial charge on any atom is 0.220 e. The molecule has 0 spiro atoms. The van der Waals surface area contributed by atoms with Crippen LogP contribution in [-0.2, 0) is 11.2 Å². The number of hydrogen-bond donors (Lipinski definition) is 1. The van der Waals surface area contributed by atoms with Crippen molar-refractivity contribution >= 4 is 5.91 Å². The number of likely N-dealkylation sites (N-methyl/N-ethyl adjacent to an activating group) is 1. The van der Waals surface area contributed by atoms with Gasteiger partial charge in [0.25, 0.3) is 0 Å². The Morgan fingerprint density at radius 1 is 1.24 bits per heavy atom. The fourth-order valence-corrected chi connectivity index (χ4v) is 3.48. The number of nitrogens with one attached hydrogen (secondary N) is 1. The van der Waals surface area contributed by atoms with Gasteiger partial charge in [-0.25, -0.2) is 0 Å². The highest BCUT2D eigenvalue weighted by atomic mass is 16.5. The first-order valence-corrected chi connectivity index (χ1v) is 8.76. The third-order valence-corrected chi connectivity index (χ3v) is 4.66. The van der Waals surface area contributed by atoms with Gasteiger partial charge in [0.1, 0.15) is 0 Å². The molecule has 2 rings (SSSR count). The maximum absolute atomic E-state index is 12.4. The van der Waals surface area contributed by atoms with Crippen molar-refractivity contribution in [1.82, 2.24) is 15.1 Å². The third-order valence-electron chi connectivity index (χ3n) is 4.66. The van der Waals surface area contributed by atoms with Gasteiger partial charge < -0.3 is 24.6 Å². The lowest BCUT2D eigenvalue weighted by molar-refractivity contribution is -0.121. The van der Waals surface area contributed by atoms with Gasteiger partial charge in [-0.15, -0.1) is 0 Å². The molecule has 1 fully saturated rings. The topological polar surface area (TPSA) is 54.0 Å². The SMILES string of the molecule is COc1ccc(CCC(=O)N[C@@H]2CN(C)C[C@H]2CN(C)C)cc1OC. The van der Waals surface area contributed by atoms with Crippen LogP contribution in [0, 0.1) is 5.92 Å². The van der Waals surface area contributed by atoms with Crippen molar-refractivity contribution in [1.29, 1.82) is 0 Å². The molecule has 1 N–H and O–H groups in total. The monoisotopic (exact) mass is 349 g/mol.